The molecule has 28 heavy (non-hydrogen) atoms. The molecule has 0 bridgehead atoms. The van der Waals surface area contributed by atoms with Crippen LogP contribution in [0.1, 0.15) is 34.7 Å². The molecule has 3 aromatic rings. The number of nitrogens with zero attached hydrogens (tertiary/aromatic N) is 5. The van der Waals surface area contributed by atoms with Gasteiger partial charge in [0.05, 0.1) is 11.2 Å². The Hall–Kier alpha value is -2.99. The fourth-order valence-electron chi connectivity index (χ4n) is 4.64. The van der Waals surface area contributed by atoms with Crippen molar-refractivity contribution in [3.63, 3.8) is 0 Å². The predicted octanol–water partition coefficient (Wildman–Crippen LogP) is 2.84. The van der Waals surface area contributed by atoms with E-state index >= 15 is 0 Å². The molecule has 0 saturated carbocycles. The van der Waals surface area contributed by atoms with Crippen molar-refractivity contribution in [3.05, 3.63) is 78.1 Å². The molecule has 6 heteroatoms. The summed E-state index contributed by atoms with van der Waals surface area (Å²) in [6.07, 6.45) is 7.32. The third kappa shape index (κ3) is 2.56. The maximum Gasteiger partial charge on any atom is 0.272 e. The fraction of sp³-hybridized carbons (Fsp3) is 0.318. The van der Waals surface area contributed by atoms with E-state index in [-0.39, 0.29) is 11.4 Å². The lowest BCUT2D eigenvalue weighted by atomic mass is 9.84. The Labute approximate surface area is 164 Å². The molecule has 1 fully saturated rings. The van der Waals surface area contributed by atoms with Crippen molar-refractivity contribution in [1.82, 2.24) is 24.3 Å². The number of amides is 1. The highest BCUT2D eigenvalue weighted by Gasteiger charge is 2.45. The van der Waals surface area contributed by atoms with Crippen LogP contribution in [0.3, 0.4) is 0 Å². The van der Waals surface area contributed by atoms with Crippen LogP contribution in [0.4, 0.5) is 0 Å². The van der Waals surface area contributed by atoms with E-state index in [1.54, 1.807) is 12.3 Å². The summed E-state index contributed by atoms with van der Waals surface area (Å²) in [5.41, 5.74) is 2.84. The van der Waals surface area contributed by atoms with Gasteiger partial charge >= 0.3 is 0 Å². The maximum atomic E-state index is 12.8. The number of hydrogen-bond donors (Lipinski definition) is 0. The van der Waals surface area contributed by atoms with E-state index < -0.39 is 0 Å². The number of pyridine rings is 1. The van der Waals surface area contributed by atoms with Gasteiger partial charge in [0.15, 0.2) is 0 Å². The van der Waals surface area contributed by atoms with E-state index in [2.05, 4.69) is 52.0 Å². The zero-order valence-electron chi connectivity index (χ0n) is 16.0. The van der Waals surface area contributed by atoms with Crippen LogP contribution in [0.5, 0.6) is 0 Å². The van der Waals surface area contributed by atoms with Gasteiger partial charge in [0.2, 0.25) is 0 Å². The van der Waals surface area contributed by atoms with E-state index in [4.69, 9.17) is 4.98 Å². The van der Waals surface area contributed by atoms with Gasteiger partial charge in [0.25, 0.3) is 5.91 Å². The molecular formula is C22H23N5O. The van der Waals surface area contributed by atoms with Crippen LogP contribution in [0.25, 0.3) is 5.69 Å². The Morgan fingerprint density at radius 3 is 2.57 bits per heavy atom. The van der Waals surface area contributed by atoms with Crippen molar-refractivity contribution in [3.8, 4) is 5.69 Å². The highest BCUT2D eigenvalue weighted by molar-refractivity contribution is 5.92. The van der Waals surface area contributed by atoms with Gasteiger partial charge in [-0.15, -0.1) is 0 Å². The van der Waals surface area contributed by atoms with E-state index in [1.165, 1.54) is 11.3 Å². The Morgan fingerprint density at radius 1 is 1.00 bits per heavy atom. The van der Waals surface area contributed by atoms with Gasteiger partial charge in [-0.1, -0.05) is 24.3 Å². The largest absolute Gasteiger partial charge is 0.337 e. The van der Waals surface area contributed by atoms with Crippen LogP contribution < -0.4 is 0 Å². The van der Waals surface area contributed by atoms with Gasteiger partial charge in [-0.2, -0.15) is 0 Å². The lowest BCUT2D eigenvalue weighted by Gasteiger charge is -2.45. The molecule has 0 N–H and O–H groups in total. The average Bonchev–Trinajstić information content (AvgIpc) is 3.21. The normalized spacial score (nSPS) is 18.4. The first-order valence-corrected chi connectivity index (χ1v) is 9.73. The minimum absolute atomic E-state index is 0.0124. The second-order valence-electron chi connectivity index (χ2n) is 7.64. The smallest absolute Gasteiger partial charge is 0.272 e. The molecule has 5 rings (SSSR count). The molecule has 0 unspecified atom stereocenters. The number of para-hydroxylation sites is 1. The monoisotopic (exact) mass is 373 g/mol. The Balaban J connectivity index is 1.46. The molecule has 4 heterocycles. The van der Waals surface area contributed by atoms with Crippen LogP contribution in [0, 0.1) is 0 Å². The second kappa shape index (κ2) is 6.56. The quantitative estimate of drug-likeness (QED) is 0.658. The highest BCUT2D eigenvalue weighted by atomic mass is 16.2. The summed E-state index contributed by atoms with van der Waals surface area (Å²) in [6.45, 7) is 2.26. The number of imidazole rings is 1. The number of benzene rings is 1. The first-order valence-electron chi connectivity index (χ1n) is 9.73. The Kier molecular flexibility index (Phi) is 4.02. The number of rotatable bonds is 1. The van der Waals surface area contributed by atoms with Crippen LogP contribution in [-0.2, 0) is 12.1 Å². The highest BCUT2D eigenvalue weighted by Crippen LogP contribution is 2.41. The van der Waals surface area contributed by atoms with Crippen LogP contribution in [-0.4, -0.2) is 50.4 Å². The molecule has 0 atom stereocenters. The Morgan fingerprint density at radius 2 is 1.79 bits per heavy atom. The van der Waals surface area contributed by atoms with Crippen molar-refractivity contribution in [2.75, 3.05) is 20.1 Å². The number of carbonyl (C=O) groups is 1. The van der Waals surface area contributed by atoms with Gasteiger partial charge in [-0.05, 0) is 43.7 Å². The third-order valence-electron chi connectivity index (χ3n) is 6.21. The number of aromatic nitrogens is 3. The van der Waals surface area contributed by atoms with E-state index in [0.717, 1.165) is 25.2 Å². The van der Waals surface area contributed by atoms with Gasteiger partial charge < -0.3 is 9.47 Å². The summed E-state index contributed by atoms with van der Waals surface area (Å²) in [5, 5.41) is 0. The SMILES string of the molecule is CN1Cc2ccccc2-n2ccnc2C12CCN(C(=O)c1ccccn1)CC2. The molecule has 1 aromatic carbocycles. The van der Waals surface area contributed by atoms with Gasteiger partial charge in [-0.25, -0.2) is 4.98 Å². The first kappa shape index (κ1) is 17.1. The number of hydrogen-bond acceptors (Lipinski definition) is 4. The molecule has 2 aromatic heterocycles. The first-order chi connectivity index (χ1) is 13.7. The van der Waals surface area contributed by atoms with E-state index in [9.17, 15) is 4.79 Å². The molecule has 1 saturated heterocycles. The fourth-order valence-corrected chi connectivity index (χ4v) is 4.64. The standard InChI is InChI=1S/C22H23N5O/c1-25-16-17-6-2-3-8-19(17)27-15-12-24-21(27)22(25)9-13-26(14-10-22)20(28)18-7-4-5-11-23-18/h2-8,11-12,15H,9-10,13-14,16H2,1H3. The van der Waals surface area contributed by atoms with Crippen molar-refractivity contribution < 1.29 is 4.79 Å². The number of carbonyl (C=O) groups excluding carboxylic acids is 1. The van der Waals surface area contributed by atoms with Crippen molar-refractivity contribution >= 4 is 5.91 Å². The molecule has 1 spiro atoms. The summed E-state index contributed by atoms with van der Waals surface area (Å²) in [5.74, 6) is 1.09. The van der Waals surface area contributed by atoms with Gasteiger partial charge in [0.1, 0.15) is 11.5 Å². The second-order valence-corrected chi connectivity index (χ2v) is 7.64. The molecule has 0 aliphatic carbocycles. The van der Waals surface area contributed by atoms with Gasteiger partial charge in [0, 0.05) is 38.2 Å². The summed E-state index contributed by atoms with van der Waals surface area (Å²) in [7, 11) is 2.18. The molecule has 6 nitrogen and oxygen atoms in total. The number of piperidine rings is 1. The van der Waals surface area contributed by atoms with E-state index in [0.29, 0.717) is 18.8 Å². The van der Waals surface area contributed by atoms with Crippen molar-refractivity contribution in [2.45, 2.75) is 24.9 Å². The van der Waals surface area contributed by atoms with Crippen molar-refractivity contribution in [1.29, 1.82) is 0 Å². The minimum Gasteiger partial charge on any atom is -0.337 e. The zero-order valence-corrected chi connectivity index (χ0v) is 16.0. The lowest BCUT2D eigenvalue weighted by molar-refractivity contribution is 0.0227. The average molecular weight is 373 g/mol. The van der Waals surface area contributed by atoms with Crippen LogP contribution in [0.15, 0.2) is 61.1 Å². The molecule has 0 radical (unpaired) electrons. The minimum atomic E-state index is -0.177. The van der Waals surface area contributed by atoms with Gasteiger partial charge in [-0.3, -0.25) is 14.7 Å². The number of fused-ring (bicyclic) bond motifs is 4. The maximum absolute atomic E-state index is 12.8. The summed E-state index contributed by atoms with van der Waals surface area (Å²) < 4.78 is 2.23. The molecule has 2 aliphatic rings. The Bertz CT molecular complexity index is 1000. The van der Waals surface area contributed by atoms with Crippen LogP contribution >= 0.6 is 0 Å². The predicted molar refractivity (Wildman–Crippen MR) is 106 cm³/mol. The molecule has 142 valence electrons. The lowest BCUT2D eigenvalue weighted by Crippen LogP contribution is -2.53. The summed E-state index contributed by atoms with van der Waals surface area (Å²) in [6, 6.07) is 14.0. The molecule has 1 amide bonds. The summed E-state index contributed by atoms with van der Waals surface area (Å²) in [4.78, 5) is 26.2. The molecule has 2 aliphatic heterocycles. The zero-order chi connectivity index (χ0) is 19.1. The summed E-state index contributed by atoms with van der Waals surface area (Å²) >= 11 is 0. The molecular weight excluding hydrogens is 350 g/mol. The third-order valence-corrected chi connectivity index (χ3v) is 6.21. The van der Waals surface area contributed by atoms with Crippen molar-refractivity contribution in [2.24, 2.45) is 0 Å². The van der Waals surface area contributed by atoms with Crippen LogP contribution in [0.2, 0.25) is 0 Å². The topological polar surface area (TPSA) is 54.3 Å². The number of likely N-dealkylation sites (tertiary alicyclic amines) is 1. The van der Waals surface area contributed by atoms with E-state index in [1.807, 2.05) is 23.2 Å².